The van der Waals surface area contributed by atoms with Gasteiger partial charge in [-0.25, -0.2) is 4.39 Å². The van der Waals surface area contributed by atoms with E-state index in [1.165, 1.54) is 12.1 Å². The summed E-state index contributed by atoms with van der Waals surface area (Å²) in [5.74, 6) is 5.43. The minimum atomic E-state index is -0.353. The molecular formula is C16H19FO3. The third kappa shape index (κ3) is 3.96. The fraction of sp³-hybridized carbons (Fsp3) is 0.500. The van der Waals surface area contributed by atoms with E-state index in [-0.39, 0.29) is 24.6 Å². The van der Waals surface area contributed by atoms with Crippen molar-refractivity contribution in [1.29, 1.82) is 0 Å². The summed E-state index contributed by atoms with van der Waals surface area (Å²) in [7, 11) is 1.70. The van der Waals surface area contributed by atoms with Crippen LogP contribution in [0, 0.1) is 17.7 Å². The van der Waals surface area contributed by atoms with E-state index in [0.29, 0.717) is 11.3 Å². The smallest absolute Gasteiger partial charge is 0.138 e. The Morgan fingerprint density at radius 3 is 2.90 bits per heavy atom. The lowest BCUT2D eigenvalue weighted by molar-refractivity contribution is 0.0208. The van der Waals surface area contributed by atoms with Gasteiger partial charge >= 0.3 is 0 Å². The van der Waals surface area contributed by atoms with E-state index >= 15 is 0 Å². The molecule has 1 aliphatic carbocycles. The maximum Gasteiger partial charge on any atom is 0.138 e. The highest BCUT2D eigenvalue weighted by atomic mass is 19.1. The van der Waals surface area contributed by atoms with Crippen LogP contribution in [0.25, 0.3) is 0 Å². The van der Waals surface area contributed by atoms with E-state index in [0.717, 1.165) is 25.7 Å². The summed E-state index contributed by atoms with van der Waals surface area (Å²) in [5, 5.41) is 8.76. The molecular weight excluding hydrogens is 259 g/mol. The summed E-state index contributed by atoms with van der Waals surface area (Å²) in [6.07, 6.45) is 4.04. The molecule has 1 aliphatic rings. The van der Waals surface area contributed by atoms with Crippen LogP contribution in [0.15, 0.2) is 18.2 Å². The first-order valence-electron chi connectivity index (χ1n) is 6.81. The lowest BCUT2D eigenvalue weighted by Gasteiger charge is -2.29. The Bertz CT molecular complexity index is 504. The molecule has 2 unspecified atom stereocenters. The van der Waals surface area contributed by atoms with E-state index in [9.17, 15) is 4.39 Å². The Morgan fingerprint density at radius 2 is 2.15 bits per heavy atom. The van der Waals surface area contributed by atoms with Gasteiger partial charge in [-0.2, -0.15) is 0 Å². The van der Waals surface area contributed by atoms with Crippen LogP contribution in [0.1, 0.15) is 31.2 Å². The van der Waals surface area contributed by atoms with E-state index in [4.69, 9.17) is 14.6 Å². The van der Waals surface area contributed by atoms with E-state index in [1.54, 1.807) is 13.2 Å². The monoisotopic (exact) mass is 278 g/mol. The summed E-state index contributed by atoms with van der Waals surface area (Å²) in [6.45, 7) is -0.230. The minimum Gasteiger partial charge on any atom is -0.489 e. The van der Waals surface area contributed by atoms with Crippen LogP contribution in [-0.2, 0) is 4.74 Å². The first kappa shape index (κ1) is 14.8. The van der Waals surface area contributed by atoms with Gasteiger partial charge in [0.25, 0.3) is 0 Å². The zero-order valence-electron chi connectivity index (χ0n) is 11.6. The molecule has 0 radical (unpaired) electrons. The Labute approximate surface area is 118 Å². The maximum atomic E-state index is 13.4. The number of aliphatic hydroxyl groups excluding tert-OH is 1. The number of hydrogen-bond donors (Lipinski definition) is 1. The van der Waals surface area contributed by atoms with Gasteiger partial charge in [0, 0.05) is 19.6 Å². The first-order chi connectivity index (χ1) is 9.72. The van der Waals surface area contributed by atoms with Crippen molar-refractivity contribution in [3.05, 3.63) is 29.6 Å². The van der Waals surface area contributed by atoms with Crippen LogP contribution < -0.4 is 4.74 Å². The first-order valence-corrected chi connectivity index (χ1v) is 6.81. The molecule has 1 fully saturated rings. The van der Waals surface area contributed by atoms with Gasteiger partial charge in [0.1, 0.15) is 24.3 Å². The third-order valence-electron chi connectivity index (χ3n) is 3.45. The molecule has 0 bridgehead atoms. The van der Waals surface area contributed by atoms with Gasteiger partial charge in [0.2, 0.25) is 0 Å². The Morgan fingerprint density at radius 1 is 1.35 bits per heavy atom. The van der Waals surface area contributed by atoms with Crippen LogP contribution in [0.2, 0.25) is 0 Å². The molecule has 3 nitrogen and oxygen atoms in total. The van der Waals surface area contributed by atoms with Crippen molar-refractivity contribution in [1.82, 2.24) is 0 Å². The van der Waals surface area contributed by atoms with Gasteiger partial charge in [-0.05, 0) is 31.4 Å². The molecule has 1 aromatic carbocycles. The molecule has 2 rings (SSSR count). The molecule has 0 saturated heterocycles. The topological polar surface area (TPSA) is 38.7 Å². The maximum absolute atomic E-state index is 13.4. The normalized spacial score (nSPS) is 21.9. The van der Waals surface area contributed by atoms with Crippen molar-refractivity contribution < 1.29 is 19.0 Å². The molecule has 2 atom stereocenters. The van der Waals surface area contributed by atoms with Crippen molar-refractivity contribution in [3.63, 3.8) is 0 Å². The van der Waals surface area contributed by atoms with Crippen molar-refractivity contribution >= 4 is 0 Å². The number of halogens is 1. The van der Waals surface area contributed by atoms with Crippen molar-refractivity contribution in [3.8, 4) is 17.6 Å². The van der Waals surface area contributed by atoms with E-state index in [2.05, 4.69) is 11.8 Å². The highest BCUT2D eigenvalue weighted by Gasteiger charge is 2.23. The SMILES string of the molecule is COC1CCCC(Oc2cc(F)ccc2C#CCO)C1. The number of benzene rings is 1. The van der Waals surface area contributed by atoms with Gasteiger partial charge in [-0.15, -0.1) is 0 Å². The third-order valence-corrected chi connectivity index (χ3v) is 3.45. The van der Waals surface area contributed by atoms with Gasteiger partial charge in [0.05, 0.1) is 11.7 Å². The molecule has 1 saturated carbocycles. The molecule has 0 heterocycles. The average Bonchev–Trinajstić information content (AvgIpc) is 2.47. The fourth-order valence-corrected chi connectivity index (χ4v) is 2.43. The summed E-state index contributed by atoms with van der Waals surface area (Å²) in [5.41, 5.74) is 0.597. The predicted molar refractivity (Wildman–Crippen MR) is 74.0 cm³/mol. The van der Waals surface area contributed by atoms with Crippen molar-refractivity contribution in [2.45, 2.75) is 37.9 Å². The number of rotatable bonds is 3. The van der Waals surface area contributed by atoms with Gasteiger partial charge in [0.15, 0.2) is 0 Å². The molecule has 108 valence electrons. The van der Waals surface area contributed by atoms with Crippen molar-refractivity contribution in [2.24, 2.45) is 0 Å². The number of ether oxygens (including phenoxy) is 2. The zero-order valence-corrected chi connectivity index (χ0v) is 11.6. The summed E-state index contributed by atoms with van der Waals surface area (Å²) in [4.78, 5) is 0. The van der Waals surface area contributed by atoms with Crippen LogP contribution >= 0.6 is 0 Å². The molecule has 0 aliphatic heterocycles. The molecule has 0 aromatic heterocycles. The number of methoxy groups -OCH3 is 1. The molecule has 0 spiro atoms. The minimum absolute atomic E-state index is 0.0187. The van der Waals surface area contributed by atoms with Gasteiger partial charge in [-0.1, -0.05) is 11.8 Å². The molecule has 1 aromatic rings. The van der Waals surface area contributed by atoms with Crippen LogP contribution in [-0.4, -0.2) is 31.0 Å². The fourth-order valence-electron chi connectivity index (χ4n) is 2.43. The standard InChI is InChI=1S/C16H19FO3/c1-19-14-5-2-6-15(11-14)20-16-10-13(17)8-7-12(16)4-3-9-18/h7-8,10,14-15,18H,2,5-6,9,11H2,1H3. The number of hydrogen-bond acceptors (Lipinski definition) is 3. The Hall–Kier alpha value is -1.57. The Balaban J connectivity index is 2.13. The van der Waals surface area contributed by atoms with Crippen LogP contribution in [0.3, 0.4) is 0 Å². The molecule has 1 N–H and O–H groups in total. The van der Waals surface area contributed by atoms with Crippen molar-refractivity contribution in [2.75, 3.05) is 13.7 Å². The van der Waals surface area contributed by atoms with Crippen LogP contribution in [0.4, 0.5) is 4.39 Å². The molecule has 4 heteroatoms. The zero-order chi connectivity index (χ0) is 14.4. The quantitative estimate of drug-likeness (QED) is 0.863. The number of aliphatic hydroxyl groups is 1. The van der Waals surface area contributed by atoms with E-state index < -0.39 is 0 Å². The lowest BCUT2D eigenvalue weighted by atomic mass is 9.95. The second-order valence-corrected chi connectivity index (χ2v) is 4.86. The second-order valence-electron chi connectivity index (χ2n) is 4.86. The summed E-state index contributed by atoms with van der Waals surface area (Å²) in [6, 6.07) is 4.26. The second kappa shape index (κ2) is 7.28. The predicted octanol–water partition coefficient (Wildman–Crippen LogP) is 2.51. The van der Waals surface area contributed by atoms with Gasteiger partial charge < -0.3 is 14.6 Å². The largest absolute Gasteiger partial charge is 0.489 e. The molecule has 0 amide bonds. The van der Waals surface area contributed by atoms with E-state index in [1.807, 2.05) is 0 Å². The van der Waals surface area contributed by atoms with Gasteiger partial charge in [-0.3, -0.25) is 0 Å². The lowest BCUT2D eigenvalue weighted by Crippen LogP contribution is -2.29. The molecule has 20 heavy (non-hydrogen) atoms. The van der Waals surface area contributed by atoms with Crippen LogP contribution in [0.5, 0.6) is 5.75 Å². The Kier molecular flexibility index (Phi) is 5.40. The highest BCUT2D eigenvalue weighted by Crippen LogP contribution is 2.27. The average molecular weight is 278 g/mol. The highest BCUT2D eigenvalue weighted by molar-refractivity contribution is 5.46. The summed E-state index contributed by atoms with van der Waals surface area (Å²) >= 11 is 0. The summed E-state index contributed by atoms with van der Waals surface area (Å²) < 4.78 is 24.6.